The van der Waals surface area contributed by atoms with Crippen LogP contribution in [-0.4, -0.2) is 130 Å². The van der Waals surface area contributed by atoms with Gasteiger partial charge in [0, 0.05) is 5.69 Å². The summed E-state index contributed by atoms with van der Waals surface area (Å²) in [7, 11) is 0. The molecule has 0 saturated heterocycles. The average Bonchev–Trinajstić information content (AvgIpc) is 3.09. The van der Waals surface area contributed by atoms with E-state index < -0.39 is 29.3 Å². The molecule has 0 atom stereocenters. The summed E-state index contributed by atoms with van der Waals surface area (Å²) < 4.78 is 92.7. The van der Waals surface area contributed by atoms with Gasteiger partial charge in [-0.3, -0.25) is 0 Å². The molecule has 0 unspecified atom stereocenters. The molecule has 52 heavy (non-hydrogen) atoms. The molecule has 13 nitrogen and oxygen atoms in total. The minimum atomic E-state index is -4.48. The van der Waals surface area contributed by atoms with Gasteiger partial charge in [-0.2, -0.15) is 13.2 Å². The summed E-state index contributed by atoms with van der Waals surface area (Å²) in [6.07, 6.45) is -4.48. The second-order valence-electron chi connectivity index (χ2n) is 11.8. The Bertz CT molecular complexity index is 1260. The number of hydrogen-bond donors (Lipinski definition) is 1. The highest BCUT2D eigenvalue weighted by atomic mass is 19.4. The molecule has 0 amide bonds. The fraction of sp³-hybridized carbons (Fsp3) is 0.611. The van der Waals surface area contributed by atoms with Crippen molar-refractivity contribution in [2.45, 2.75) is 32.5 Å². The average molecular weight is 748 g/mol. The van der Waals surface area contributed by atoms with Crippen LogP contribution in [0, 0.1) is 0 Å². The first-order valence-electron chi connectivity index (χ1n) is 17.0. The van der Waals surface area contributed by atoms with Gasteiger partial charge in [0.15, 0.2) is 0 Å². The smallest absolute Gasteiger partial charge is 0.416 e. The van der Waals surface area contributed by atoms with Gasteiger partial charge in [-0.1, -0.05) is 18.2 Å². The number of hydrogen-bond acceptors (Lipinski definition) is 13. The van der Waals surface area contributed by atoms with E-state index in [2.05, 4.69) is 5.32 Å². The molecule has 0 fully saturated rings. The Labute approximate surface area is 303 Å². The van der Waals surface area contributed by atoms with Crippen molar-refractivity contribution in [3.05, 3.63) is 59.7 Å². The fourth-order valence-electron chi connectivity index (χ4n) is 4.04. The summed E-state index contributed by atoms with van der Waals surface area (Å²) in [5.74, 6) is -1.04. The van der Waals surface area contributed by atoms with Crippen LogP contribution in [0.1, 0.15) is 36.7 Å². The van der Waals surface area contributed by atoms with Crippen molar-refractivity contribution in [3.8, 4) is 0 Å². The maximum Gasteiger partial charge on any atom is 0.416 e. The molecule has 0 spiro atoms. The Hall–Kier alpha value is -3.35. The number of rotatable bonds is 29. The maximum atomic E-state index is 13.0. The van der Waals surface area contributed by atoms with Crippen molar-refractivity contribution >= 4 is 23.3 Å². The molecule has 0 aliphatic carbocycles. The van der Waals surface area contributed by atoms with Gasteiger partial charge in [-0.05, 0) is 51.1 Å². The lowest BCUT2D eigenvalue weighted by molar-refractivity contribution is -0.160. The standard InChI is InChI=1S/C36H52F3NO12/c1-35(2,3)52-33(41)28-50-24-23-48-20-19-46-16-15-44-12-11-43-13-14-45-17-18-47-21-22-49-25-26-51-34(42)31-9-4-5-10-32(31)40-30-8-6-7-29(27-30)36(37,38)39/h4-10,27,40H,11-26,28H2,1-3H3. The highest BCUT2D eigenvalue weighted by Crippen LogP contribution is 2.32. The van der Waals surface area contributed by atoms with Crippen LogP contribution in [0.25, 0.3) is 0 Å². The minimum Gasteiger partial charge on any atom is -0.460 e. The largest absolute Gasteiger partial charge is 0.460 e. The predicted octanol–water partition coefficient (Wildman–Crippen LogP) is 5.08. The van der Waals surface area contributed by atoms with E-state index in [1.54, 1.807) is 39.0 Å². The number of para-hydroxylation sites is 1. The van der Waals surface area contributed by atoms with E-state index in [0.717, 1.165) is 12.1 Å². The fourth-order valence-corrected chi connectivity index (χ4v) is 4.04. The number of nitrogens with one attached hydrogen (secondary N) is 1. The van der Waals surface area contributed by atoms with E-state index >= 15 is 0 Å². The van der Waals surface area contributed by atoms with E-state index in [1.807, 2.05) is 0 Å². The lowest BCUT2D eigenvalue weighted by Crippen LogP contribution is -2.27. The molecule has 0 aliphatic heterocycles. The first-order chi connectivity index (χ1) is 25.0. The van der Waals surface area contributed by atoms with Gasteiger partial charge in [-0.25, -0.2) is 9.59 Å². The van der Waals surface area contributed by atoms with Gasteiger partial charge in [0.25, 0.3) is 0 Å². The number of benzene rings is 2. The zero-order valence-electron chi connectivity index (χ0n) is 30.2. The molecule has 0 aliphatic rings. The molecule has 0 heterocycles. The van der Waals surface area contributed by atoms with Gasteiger partial charge in [0.2, 0.25) is 0 Å². The zero-order valence-corrected chi connectivity index (χ0v) is 30.2. The molecule has 294 valence electrons. The summed E-state index contributed by atoms with van der Waals surface area (Å²) in [6.45, 7) is 10.9. The molecular formula is C36H52F3NO12. The quantitative estimate of drug-likeness (QED) is 0.0876. The van der Waals surface area contributed by atoms with Crippen molar-refractivity contribution < 1.29 is 70.1 Å². The van der Waals surface area contributed by atoms with E-state index in [-0.39, 0.29) is 31.1 Å². The van der Waals surface area contributed by atoms with Gasteiger partial charge in [-0.15, -0.1) is 0 Å². The molecule has 0 saturated carbocycles. The molecular weight excluding hydrogens is 695 g/mol. The first-order valence-corrected chi connectivity index (χ1v) is 17.0. The summed E-state index contributed by atoms with van der Waals surface area (Å²) >= 11 is 0. The monoisotopic (exact) mass is 747 g/mol. The molecule has 2 aromatic carbocycles. The normalized spacial score (nSPS) is 11.8. The van der Waals surface area contributed by atoms with Crippen molar-refractivity contribution in [2.24, 2.45) is 0 Å². The van der Waals surface area contributed by atoms with Crippen molar-refractivity contribution in [1.82, 2.24) is 0 Å². The SMILES string of the molecule is CC(C)(C)OC(=O)COCCOCCOCCOCCOCCOCCOCCOCCOC(=O)c1ccccc1Nc1cccc(C(F)(F)F)c1. The van der Waals surface area contributed by atoms with Crippen LogP contribution < -0.4 is 5.32 Å². The molecule has 0 bridgehead atoms. The molecule has 2 rings (SSSR count). The van der Waals surface area contributed by atoms with Gasteiger partial charge in [0.1, 0.15) is 18.8 Å². The highest BCUT2D eigenvalue weighted by Gasteiger charge is 2.30. The highest BCUT2D eigenvalue weighted by molar-refractivity contribution is 5.96. The number of anilines is 2. The van der Waals surface area contributed by atoms with Crippen LogP contribution in [0.3, 0.4) is 0 Å². The third-order valence-corrected chi connectivity index (χ3v) is 6.32. The van der Waals surface area contributed by atoms with Crippen LogP contribution in [0.4, 0.5) is 24.5 Å². The lowest BCUT2D eigenvalue weighted by atomic mass is 10.1. The Morgan fingerprint density at radius 3 is 1.48 bits per heavy atom. The van der Waals surface area contributed by atoms with Crippen LogP contribution in [0.5, 0.6) is 0 Å². The summed E-state index contributed by atoms with van der Waals surface area (Å²) in [6, 6.07) is 11.1. The summed E-state index contributed by atoms with van der Waals surface area (Å²) in [5, 5.41) is 2.85. The number of carbonyl (C=O) groups excluding carboxylic acids is 2. The van der Waals surface area contributed by atoms with Crippen molar-refractivity contribution in [2.75, 3.05) is 118 Å². The van der Waals surface area contributed by atoms with Gasteiger partial charge >= 0.3 is 18.1 Å². The summed E-state index contributed by atoms with van der Waals surface area (Å²) in [4.78, 5) is 24.1. The third kappa shape index (κ3) is 22.6. The molecule has 16 heteroatoms. The molecule has 2 aromatic rings. The zero-order chi connectivity index (χ0) is 37.9. The third-order valence-electron chi connectivity index (χ3n) is 6.32. The number of carbonyl (C=O) groups is 2. The Morgan fingerprint density at radius 2 is 1.02 bits per heavy atom. The van der Waals surface area contributed by atoms with E-state index in [9.17, 15) is 22.8 Å². The molecule has 1 N–H and O–H groups in total. The topological polar surface area (TPSA) is 138 Å². The number of alkyl halides is 3. The maximum absolute atomic E-state index is 13.0. The predicted molar refractivity (Wildman–Crippen MR) is 184 cm³/mol. The Morgan fingerprint density at radius 1 is 0.577 bits per heavy atom. The number of esters is 2. The molecule has 0 aromatic heterocycles. The minimum absolute atomic E-state index is 0.00745. The van der Waals surface area contributed by atoms with Crippen molar-refractivity contribution in [3.63, 3.8) is 0 Å². The van der Waals surface area contributed by atoms with Crippen LogP contribution in [-0.2, 0) is 58.3 Å². The lowest BCUT2D eigenvalue weighted by Gasteiger charge is -2.19. The van der Waals surface area contributed by atoms with Crippen molar-refractivity contribution in [1.29, 1.82) is 0 Å². The van der Waals surface area contributed by atoms with Crippen LogP contribution in [0.2, 0.25) is 0 Å². The van der Waals surface area contributed by atoms with E-state index in [4.69, 9.17) is 47.4 Å². The van der Waals surface area contributed by atoms with E-state index in [0.29, 0.717) is 98.2 Å². The Balaban J connectivity index is 1.33. The van der Waals surface area contributed by atoms with Crippen LogP contribution in [0.15, 0.2) is 48.5 Å². The second-order valence-corrected chi connectivity index (χ2v) is 11.8. The number of halogens is 3. The van der Waals surface area contributed by atoms with E-state index in [1.165, 1.54) is 18.2 Å². The molecule has 0 radical (unpaired) electrons. The van der Waals surface area contributed by atoms with Gasteiger partial charge < -0.3 is 52.7 Å². The summed E-state index contributed by atoms with van der Waals surface area (Å²) in [5.41, 5.74) is -0.638. The van der Waals surface area contributed by atoms with Gasteiger partial charge in [0.05, 0.1) is 116 Å². The van der Waals surface area contributed by atoms with Crippen LogP contribution >= 0.6 is 0 Å². The second kappa shape index (κ2) is 26.4. The Kier molecular flexibility index (Phi) is 22.8. The first kappa shape index (κ1) is 44.8. The number of ether oxygens (including phenoxy) is 10.